The number of aromatic nitrogens is 4. The molecule has 0 unspecified atom stereocenters. The first-order valence-electron chi connectivity index (χ1n) is 5.64. The highest BCUT2D eigenvalue weighted by Crippen LogP contribution is 2.24. The van der Waals surface area contributed by atoms with Crippen LogP contribution in [0.1, 0.15) is 0 Å². The van der Waals surface area contributed by atoms with Crippen LogP contribution in [-0.2, 0) is 0 Å². The van der Waals surface area contributed by atoms with E-state index in [0.29, 0.717) is 35.8 Å². The van der Waals surface area contributed by atoms with Crippen LogP contribution in [-0.4, -0.2) is 33.0 Å². The lowest BCUT2D eigenvalue weighted by Gasteiger charge is -2.09. The highest BCUT2D eigenvalue weighted by Gasteiger charge is 2.11. The van der Waals surface area contributed by atoms with Gasteiger partial charge in [-0.15, -0.1) is 13.2 Å². The van der Waals surface area contributed by atoms with Gasteiger partial charge in [-0.3, -0.25) is 0 Å². The Hall–Kier alpha value is -2.21. The highest BCUT2D eigenvalue weighted by atomic mass is 35.5. The molecule has 0 saturated carbocycles. The van der Waals surface area contributed by atoms with E-state index in [1.165, 1.54) is 6.33 Å². The van der Waals surface area contributed by atoms with Gasteiger partial charge in [-0.2, -0.15) is 4.98 Å². The molecule has 0 aliphatic rings. The van der Waals surface area contributed by atoms with E-state index in [4.69, 9.17) is 11.6 Å². The predicted octanol–water partition coefficient (Wildman–Crippen LogP) is 2.27. The molecule has 2 N–H and O–H groups in total. The summed E-state index contributed by atoms with van der Waals surface area (Å²) in [5.74, 6) is 1.15. The summed E-state index contributed by atoms with van der Waals surface area (Å²) in [4.78, 5) is 16.6. The van der Waals surface area contributed by atoms with Crippen molar-refractivity contribution in [2.24, 2.45) is 0 Å². The van der Waals surface area contributed by atoms with Gasteiger partial charge in [0, 0.05) is 13.1 Å². The van der Waals surface area contributed by atoms with Crippen molar-refractivity contribution in [3.63, 3.8) is 0 Å². The van der Waals surface area contributed by atoms with Crippen molar-refractivity contribution < 1.29 is 0 Å². The number of rotatable bonds is 6. The van der Waals surface area contributed by atoms with Gasteiger partial charge in [0.1, 0.15) is 17.4 Å². The Bertz CT molecular complexity index is 612. The largest absolute Gasteiger partial charge is 0.365 e. The Kier molecular flexibility index (Phi) is 4.25. The summed E-state index contributed by atoms with van der Waals surface area (Å²) in [6.45, 7) is 8.41. The normalized spacial score (nSPS) is 10.2. The minimum Gasteiger partial charge on any atom is -0.365 e. The number of fused-ring (bicyclic) bond motifs is 1. The Morgan fingerprint density at radius 2 is 1.68 bits per heavy atom. The lowest BCUT2D eigenvalue weighted by Crippen LogP contribution is -2.07. The number of nitrogens with zero attached hydrogens (tertiary/aromatic N) is 4. The van der Waals surface area contributed by atoms with Gasteiger partial charge in [0.15, 0.2) is 11.6 Å². The third-order valence-corrected chi connectivity index (χ3v) is 2.45. The molecule has 7 heteroatoms. The molecule has 19 heavy (non-hydrogen) atoms. The quantitative estimate of drug-likeness (QED) is 0.623. The van der Waals surface area contributed by atoms with E-state index in [9.17, 15) is 0 Å². The summed E-state index contributed by atoms with van der Waals surface area (Å²) in [6, 6.07) is 0. The number of anilines is 2. The van der Waals surface area contributed by atoms with Gasteiger partial charge in [-0.25, -0.2) is 15.0 Å². The van der Waals surface area contributed by atoms with Crippen molar-refractivity contribution in [1.82, 2.24) is 19.9 Å². The minimum atomic E-state index is 0.135. The zero-order valence-electron chi connectivity index (χ0n) is 10.2. The number of hydrogen-bond donors (Lipinski definition) is 2. The van der Waals surface area contributed by atoms with Gasteiger partial charge in [-0.05, 0) is 11.6 Å². The molecule has 2 aromatic rings. The van der Waals surface area contributed by atoms with Crippen molar-refractivity contribution in [2.75, 3.05) is 23.7 Å². The van der Waals surface area contributed by atoms with Crippen molar-refractivity contribution in [3.8, 4) is 0 Å². The van der Waals surface area contributed by atoms with Crippen LogP contribution >= 0.6 is 11.6 Å². The molecule has 0 amide bonds. The molecule has 0 aliphatic carbocycles. The standard InChI is InChI=1S/C12H13ClN6/c1-3-5-14-10-9-8(16-7-17-10)11(15-6-4-2)19-12(13)18-9/h3-4,7H,1-2,5-6H2,(H,14,16,17)(H,15,18,19). The maximum Gasteiger partial charge on any atom is 0.225 e. The second-order valence-electron chi connectivity index (χ2n) is 3.60. The van der Waals surface area contributed by atoms with E-state index < -0.39 is 0 Å². The molecule has 0 spiro atoms. The van der Waals surface area contributed by atoms with Gasteiger partial charge in [-0.1, -0.05) is 12.2 Å². The van der Waals surface area contributed by atoms with E-state index >= 15 is 0 Å². The van der Waals surface area contributed by atoms with Crippen molar-refractivity contribution >= 4 is 34.3 Å². The molecule has 0 radical (unpaired) electrons. The molecule has 0 bridgehead atoms. The van der Waals surface area contributed by atoms with Gasteiger partial charge in [0.2, 0.25) is 5.28 Å². The molecule has 0 aliphatic heterocycles. The van der Waals surface area contributed by atoms with Crippen LogP contribution in [0.3, 0.4) is 0 Å². The Labute approximate surface area is 115 Å². The summed E-state index contributed by atoms with van der Waals surface area (Å²) in [5.41, 5.74) is 1.17. The summed E-state index contributed by atoms with van der Waals surface area (Å²) in [7, 11) is 0. The Morgan fingerprint density at radius 1 is 1.00 bits per heavy atom. The molecule has 0 atom stereocenters. The van der Waals surface area contributed by atoms with Crippen LogP contribution in [0.4, 0.5) is 11.6 Å². The van der Waals surface area contributed by atoms with Gasteiger partial charge < -0.3 is 10.6 Å². The van der Waals surface area contributed by atoms with E-state index in [2.05, 4.69) is 43.7 Å². The van der Waals surface area contributed by atoms with Gasteiger partial charge in [0.05, 0.1) is 0 Å². The lowest BCUT2D eigenvalue weighted by molar-refractivity contribution is 1.12. The van der Waals surface area contributed by atoms with Crippen LogP contribution in [0.15, 0.2) is 31.6 Å². The maximum absolute atomic E-state index is 5.92. The van der Waals surface area contributed by atoms with E-state index in [1.807, 2.05) is 0 Å². The van der Waals surface area contributed by atoms with Gasteiger partial charge in [0.25, 0.3) is 0 Å². The average Bonchev–Trinajstić information content (AvgIpc) is 2.42. The lowest BCUT2D eigenvalue weighted by atomic mass is 10.3. The highest BCUT2D eigenvalue weighted by molar-refractivity contribution is 6.28. The number of nitrogens with one attached hydrogen (secondary N) is 2. The van der Waals surface area contributed by atoms with Crippen molar-refractivity contribution in [2.45, 2.75) is 0 Å². The summed E-state index contributed by atoms with van der Waals surface area (Å²) < 4.78 is 0. The van der Waals surface area contributed by atoms with E-state index in [0.717, 1.165) is 0 Å². The van der Waals surface area contributed by atoms with Crippen LogP contribution in [0.5, 0.6) is 0 Å². The second-order valence-corrected chi connectivity index (χ2v) is 3.94. The Balaban J connectivity index is 2.52. The van der Waals surface area contributed by atoms with Crippen LogP contribution in [0.25, 0.3) is 11.0 Å². The third kappa shape index (κ3) is 2.97. The molecular formula is C12H13ClN6. The van der Waals surface area contributed by atoms with Gasteiger partial charge >= 0.3 is 0 Å². The fourth-order valence-corrected chi connectivity index (χ4v) is 1.68. The van der Waals surface area contributed by atoms with Crippen LogP contribution in [0.2, 0.25) is 5.28 Å². The molecule has 2 heterocycles. The molecule has 2 rings (SSSR count). The fraction of sp³-hybridized carbons (Fsp3) is 0.167. The third-order valence-electron chi connectivity index (χ3n) is 2.28. The van der Waals surface area contributed by atoms with Crippen molar-refractivity contribution in [3.05, 3.63) is 36.9 Å². The first-order chi connectivity index (χ1) is 9.26. The molecule has 0 fully saturated rings. The molecule has 0 saturated heterocycles. The predicted molar refractivity (Wildman–Crippen MR) is 77.5 cm³/mol. The first kappa shape index (κ1) is 13.2. The second kappa shape index (κ2) is 6.10. The average molecular weight is 277 g/mol. The maximum atomic E-state index is 5.92. The first-order valence-corrected chi connectivity index (χ1v) is 6.02. The fourth-order valence-electron chi connectivity index (χ4n) is 1.51. The number of hydrogen-bond acceptors (Lipinski definition) is 6. The zero-order valence-corrected chi connectivity index (χ0v) is 11.0. The van der Waals surface area contributed by atoms with Crippen molar-refractivity contribution in [1.29, 1.82) is 0 Å². The summed E-state index contributed by atoms with van der Waals surface area (Å²) in [6.07, 6.45) is 4.90. The molecule has 6 nitrogen and oxygen atoms in total. The molecule has 2 aromatic heterocycles. The molecular weight excluding hydrogens is 264 g/mol. The monoisotopic (exact) mass is 276 g/mol. The van der Waals surface area contributed by atoms with E-state index in [1.54, 1.807) is 12.2 Å². The summed E-state index contributed by atoms with van der Waals surface area (Å²) >= 11 is 5.92. The van der Waals surface area contributed by atoms with E-state index in [-0.39, 0.29) is 5.28 Å². The minimum absolute atomic E-state index is 0.135. The molecule has 98 valence electrons. The SMILES string of the molecule is C=CCNc1nc(Cl)nc2c(NCC=C)ncnc12. The Morgan fingerprint density at radius 3 is 2.37 bits per heavy atom. The topological polar surface area (TPSA) is 75.6 Å². The number of halogens is 1. The summed E-state index contributed by atoms with van der Waals surface area (Å²) in [5, 5.41) is 6.29. The van der Waals surface area contributed by atoms with Crippen LogP contribution < -0.4 is 10.6 Å². The van der Waals surface area contributed by atoms with Crippen LogP contribution in [0, 0.1) is 0 Å². The zero-order chi connectivity index (χ0) is 13.7. The molecule has 0 aromatic carbocycles. The smallest absolute Gasteiger partial charge is 0.225 e.